The smallest absolute Gasteiger partial charge is 0.116 e. The fourth-order valence-corrected chi connectivity index (χ4v) is 9.68. The summed E-state index contributed by atoms with van der Waals surface area (Å²) in [6, 6.07) is 6.41. The highest BCUT2D eigenvalue weighted by molar-refractivity contribution is 6.25. The Balaban J connectivity index is 1.27. The molecule has 192 valence electrons. The maximum atomic E-state index is 11.3. The Labute approximate surface area is 217 Å². The van der Waals surface area contributed by atoms with Crippen LogP contribution in [0.15, 0.2) is 36.8 Å². The van der Waals surface area contributed by atoms with Crippen molar-refractivity contribution < 1.29 is 14.9 Å². The second kappa shape index (κ2) is 7.51. The summed E-state index contributed by atoms with van der Waals surface area (Å²) in [6.07, 6.45) is 10.4. The first kappa shape index (κ1) is 23.5. The minimum Gasteiger partial charge on any atom is -0.390 e. The summed E-state index contributed by atoms with van der Waals surface area (Å²) in [4.78, 5) is 10.2. The number of ether oxygens (including phenoxy) is 1. The molecule has 0 radical (unpaired) electrons. The van der Waals surface area contributed by atoms with Gasteiger partial charge in [-0.1, -0.05) is 25.1 Å². The number of benzene rings is 1. The number of hydrogen-bond donors (Lipinski definition) is 2. The second-order valence-corrected chi connectivity index (χ2v) is 13.4. The van der Waals surface area contributed by atoms with Crippen LogP contribution in [0.3, 0.4) is 0 Å². The van der Waals surface area contributed by atoms with Gasteiger partial charge >= 0.3 is 0 Å². The summed E-state index contributed by atoms with van der Waals surface area (Å²) in [5, 5.41) is 23.3. The van der Waals surface area contributed by atoms with Gasteiger partial charge in [-0.15, -0.1) is 11.6 Å². The molecule has 9 atom stereocenters. The van der Waals surface area contributed by atoms with Gasteiger partial charge in [-0.3, -0.25) is 0 Å². The average Bonchev–Trinajstić information content (AvgIpc) is 3.39. The van der Waals surface area contributed by atoms with Gasteiger partial charge in [0.1, 0.15) is 6.33 Å². The number of aliphatic hydroxyl groups is 2. The molecule has 3 heterocycles. The zero-order valence-electron chi connectivity index (χ0n) is 21.3. The van der Waals surface area contributed by atoms with Gasteiger partial charge in [-0.05, 0) is 81.7 Å². The molecule has 5 aliphatic rings. The van der Waals surface area contributed by atoms with E-state index >= 15 is 0 Å². The van der Waals surface area contributed by atoms with E-state index in [9.17, 15) is 10.2 Å². The van der Waals surface area contributed by atoms with Gasteiger partial charge in [0, 0.05) is 29.5 Å². The Morgan fingerprint density at radius 3 is 2.72 bits per heavy atom. The lowest BCUT2D eigenvalue weighted by atomic mass is 9.52. The number of halogens is 1. The average molecular weight is 510 g/mol. The highest BCUT2D eigenvalue weighted by atomic mass is 35.5. The molecule has 1 aromatic carbocycles. The summed E-state index contributed by atoms with van der Waals surface area (Å²) in [5.74, 6) is 0.157. The Morgan fingerprint density at radius 2 is 1.92 bits per heavy atom. The predicted molar refractivity (Wildman–Crippen MR) is 140 cm³/mol. The maximum absolute atomic E-state index is 11.3. The van der Waals surface area contributed by atoms with Crippen LogP contribution < -0.4 is 0 Å². The van der Waals surface area contributed by atoms with E-state index in [1.807, 2.05) is 25.2 Å². The zero-order valence-corrected chi connectivity index (χ0v) is 22.1. The van der Waals surface area contributed by atoms with Crippen molar-refractivity contribution in [3.63, 3.8) is 0 Å². The van der Waals surface area contributed by atoms with Gasteiger partial charge in [0.25, 0.3) is 0 Å². The third kappa shape index (κ3) is 2.83. The van der Waals surface area contributed by atoms with Crippen LogP contribution in [0.2, 0.25) is 0 Å². The van der Waals surface area contributed by atoms with Crippen molar-refractivity contribution in [2.75, 3.05) is 14.1 Å². The van der Waals surface area contributed by atoms with E-state index in [2.05, 4.69) is 41.2 Å². The van der Waals surface area contributed by atoms with Crippen LogP contribution in [0.1, 0.15) is 57.4 Å². The molecule has 3 unspecified atom stereocenters. The summed E-state index contributed by atoms with van der Waals surface area (Å²) in [6.45, 7) is 2.41. The number of likely N-dealkylation sites (N-methyl/N-ethyl adjacent to an activating group) is 1. The van der Waals surface area contributed by atoms with Crippen molar-refractivity contribution in [1.82, 2.24) is 14.9 Å². The van der Waals surface area contributed by atoms with Gasteiger partial charge in [-0.2, -0.15) is 0 Å². The van der Waals surface area contributed by atoms with Crippen LogP contribution in [0.25, 0.3) is 16.5 Å². The highest BCUT2D eigenvalue weighted by Crippen LogP contribution is 2.73. The number of rotatable bonds is 2. The first-order chi connectivity index (χ1) is 17.1. The van der Waals surface area contributed by atoms with E-state index in [1.54, 1.807) is 6.33 Å². The quantitative estimate of drug-likeness (QED) is 0.591. The summed E-state index contributed by atoms with van der Waals surface area (Å²) in [7, 11) is 3.96. The molecule has 3 aliphatic carbocycles. The summed E-state index contributed by atoms with van der Waals surface area (Å²) < 4.78 is 7.33. The fraction of sp³-hybridized carbons (Fsp3) is 0.655. The molecular formula is C29H36ClN3O3. The van der Waals surface area contributed by atoms with Crippen molar-refractivity contribution in [3.05, 3.63) is 42.4 Å². The topological polar surface area (TPSA) is 78.7 Å². The van der Waals surface area contributed by atoms with Crippen LogP contribution in [0, 0.1) is 17.3 Å². The number of hydrogen-bond acceptors (Lipinski definition) is 6. The molecule has 6 nitrogen and oxygen atoms in total. The molecule has 7 rings (SSSR count). The molecule has 4 fully saturated rings. The largest absolute Gasteiger partial charge is 0.390 e. The predicted octanol–water partition coefficient (Wildman–Crippen LogP) is 4.17. The van der Waals surface area contributed by atoms with Gasteiger partial charge < -0.3 is 19.8 Å². The molecule has 2 aromatic rings. The van der Waals surface area contributed by atoms with E-state index in [1.165, 1.54) is 11.1 Å². The van der Waals surface area contributed by atoms with Crippen LogP contribution in [-0.4, -0.2) is 73.5 Å². The Hall–Kier alpha value is -1.57. The van der Waals surface area contributed by atoms with E-state index < -0.39 is 28.3 Å². The van der Waals surface area contributed by atoms with Gasteiger partial charge in [-0.25, -0.2) is 9.97 Å². The normalized spacial score (nSPS) is 47.4. The summed E-state index contributed by atoms with van der Waals surface area (Å²) >= 11 is 7.62. The number of aromatic nitrogens is 2. The molecule has 36 heavy (non-hydrogen) atoms. The lowest BCUT2D eigenvalue weighted by Gasteiger charge is -2.65. The Morgan fingerprint density at radius 1 is 1.08 bits per heavy atom. The van der Waals surface area contributed by atoms with Crippen molar-refractivity contribution in [3.8, 4) is 0 Å². The second-order valence-electron chi connectivity index (χ2n) is 12.7. The van der Waals surface area contributed by atoms with Crippen LogP contribution in [-0.2, 0) is 4.74 Å². The number of aliphatic hydroxyl groups excluding tert-OH is 2. The van der Waals surface area contributed by atoms with E-state index in [0.717, 1.165) is 49.4 Å². The van der Waals surface area contributed by atoms with Crippen LogP contribution >= 0.6 is 11.6 Å². The van der Waals surface area contributed by atoms with Gasteiger partial charge in [0.15, 0.2) is 0 Å². The molecular weight excluding hydrogens is 474 g/mol. The first-order valence-electron chi connectivity index (χ1n) is 13.5. The Bertz CT molecular complexity index is 1270. The monoisotopic (exact) mass is 509 g/mol. The molecule has 1 aromatic heterocycles. The van der Waals surface area contributed by atoms with E-state index in [4.69, 9.17) is 16.3 Å². The molecule has 2 spiro atoms. The van der Waals surface area contributed by atoms with Gasteiger partial charge in [0.2, 0.25) is 0 Å². The molecule has 0 amide bonds. The van der Waals surface area contributed by atoms with Gasteiger partial charge in [0.05, 0.1) is 33.8 Å². The van der Waals surface area contributed by atoms with Crippen molar-refractivity contribution in [2.24, 2.45) is 17.3 Å². The SMILES string of the molecule is CN(C)[C@H]1C[C@@]23CC[C@]4(O2)C2CC=C(c5ccc6cncnc6c5)[C@@]2(C)CCC4(Cl)CC3[C@@H](O)[C@@H]1O. The lowest BCUT2D eigenvalue weighted by Crippen LogP contribution is -2.72. The number of allylic oxidation sites excluding steroid dienone is 2. The maximum Gasteiger partial charge on any atom is 0.116 e. The third-order valence-corrected chi connectivity index (χ3v) is 11.7. The zero-order chi connectivity index (χ0) is 25.1. The van der Waals surface area contributed by atoms with E-state index in [0.29, 0.717) is 6.42 Å². The highest BCUT2D eigenvalue weighted by Gasteiger charge is 2.76. The van der Waals surface area contributed by atoms with Crippen LogP contribution in [0.4, 0.5) is 0 Å². The van der Waals surface area contributed by atoms with E-state index in [-0.39, 0.29) is 23.3 Å². The fourth-order valence-electron chi connectivity index (χ4n) is 9.15. The number of alkyl halides is 1. The minimum atomic E-state index is -0.817. The molecule has 2 N–H and O–H groups in total. The molecule has 2 aliphatic heterocycles. The Kier molecular flexibility index (Phi) is 4.91. The third-order valence-electron chi connectivity index (χ3n) is 11.0. The number of fused-ring (bicyclic) bond motifs is 2. The number of nitrogens with zero attached hydrogens (tertiary/aromatic N) is 3. The minimum absolute atomic E-state index is 0.0365. The van der Waals surface area contributed by atoms with Crippen molar-refractivity contribution >= 4 is 28.1 Å². The molecule has 7 heteroatoms. The lowest BCUT2D eigenvalue weighted by molar-refractivity contribution is -0.276. The summed E-state index contributed by atoms with van der Waals surface area (Å²) in [5.41, 5.74) is 2.71. The van der Waals surface area contributed by atoms with Crippen molar-refractivity contribution in [2.45, 2.75) is 86.2 Å². The standard InChI is InChI=1S/C29H36ClN3O3/c1-26-8-10-28(30)13-20-24(34)25(35)22(33(2)3)14-27(20)9-11-29(28,36-27)23(26)7-6-19(26)17-4-5-18-15-31-16-32-21(18)12-17/h4-6,12,15-16,20,22-25,34-35H,7-11,13-14H2,1-3H3/t20?,22-,23?,24+,25+,26+,27+,28?,29-/m0/s1. The van der Waals surface area contributed by atoms with Crippen LogP contribution in [0.5, 0.6) is 0 Å². The first-order valence-corrected chi connectivity index (χ1v) is 13.8. The molecule has 2 bridgehead atoms. The molecule has 2 saturated carbocycles. The van der Waals surface area contributed by atoms with Crippen molar-refractivity contribution in [1.29, 1.82) is 0 Å². The molecule has 2 saturated heterocycles.